The summed E-state index contributed by atoms with van der Waals surface area (Å²) in [6, 6.07) is 16.1. The molecule has 0 saturated carbocycles. The van der Waals surface area contributed by atoms with E-state index in [0.717, 1.165) is 4.90 Å². The van der Waals surface area contributed by atoms with Crippen LogP contribution in [0.15, 0.2) is 66.7 Å². The molecule has 2 atom stereocenters. The molecule has 0 aliphatic carbocycles. The summed E-state index contributed by atoms with van der Waals surface area (Å²) in [6.07, 6.45) is -0.901. The number of aryl methyl sites for hydroxylation is 1. The van der Waals surface area contributed by atoms with Crippen LogP contribution in [0.5, 0.6) is 11.5 Å². The highest BCUT2D eigenvalue weighted by Gasteiger charge is 2.37. The molecule has 2 unspecified atom stereocenters. The van der Waals surface area contributed by atoms with Gasteiger partial charge in [0.05, 0.1) is 16.8 Å². The first-order chi connectivity index (χ1) is 19.8. The summed E-state index contributed by atoms with van der Waals surface area (Å²) in [6.45, 7) is 6.27. The van der Waals surface area contributed by atoms with Gasteiger partial charge >= 0.3 is 6.09 Å². The van der Waals surface area contributed by atoms with Gasteiger partial charge < -0.3 is 30.5 Å². The van der Waals surface area contributed by atoms with Gasteiger partial charge in [-0.15, -0.1) is 0 Å². The number of alkyl carbamates (subject to hydrolysis) is 1. The van der Waals surface area contributed by atoms with E-state index in [4.69, 9.17) is 16.3 Å². The van der Waals surface area contributed by atoms with Gasteiger partial charge in [-0.05, 0) is 74.7 Å². The molecule has 11 heteroatoms. The molecule has 0 bridgehead atoms. The lowest BCUT2D eigenvalue weighted by atomic mass is 10.00. The van der Waals surface area contributed by atoms with E-state index in [9.17, 15) is 29.9 Å². The van der Waals surface area contributed by atoms with Gasteiger partial charge in [0, 0.05) is 6.42 Å². The average molecular weight is 593 g/mol. The molecule has 0 fully saturated rings. The predicted octanol–water partition coefficient (Wildman–Crippen LogP) is 5.23. The molecule has 4 N–H and O–H groups in total. The molecule has 0 aliphatic rings. The molecule has 0 spiro atoms. The number of hydrogen-bond donors (Lipinski definition) is 4. The number of phenolic OH excluding ortho intramolecular Hbond substituents is 2. The highest BCUT2D eigenvalue weighted by molar-refractivity contribution is 6.34. The maximum atomic E-state index is 14.2. The van der Waals surface area contributed by atoms with Crippen molar-refractivity contribution >= 4 is 35.2 Å². The van der Waals surface area contributed by atoms with Crippen molar-refractivity contribution < 1.29 is 29.3 Å². The van der Waals surface area contributed by atoms with Crippen molar-refractivity contribution in [3.05, 3.63) is 88.4 Å². The molecule has 3 rings (SSSR count). The van der Waals surface area contributed by atoms with Crippen LogP contribution in [0.3, 0.4) is 0 Å². The summed E-state index contributed by atoms with van der Waals surface area (Å²) in [5.74, 6) is -1.44. The zero-order valence-corrected chi connectivity index (χ0v) is 24.5. The Morgan fingerprint density at radius 2 is 1.60 bits per heavy atom. The molecule has 10 nitrogen and oxygen atoms in total. The van der Waals surface area contributed by atoms with Gasteiger partial charge in [-0.3, -0.25) is 9.59 Å². The number of ether oxygens (including phenoxy) is 1. The van der Waals surface area contributed by atoms with Crippen molar-refractivity contribution in [2.45, 2.75) is 51.8 Å². The molecule has 3 aromatic rings. The third-order valence-electron chi connectivity index (χ3n) is 6.13. The van der Waals surface area contributed by atoms with Gasteiger partial charge in [-0.1, -0.05) is 48.0 Å². The Balaban J connectivity index is 2.07. The van der Waals surface area contributed by atoms with Crippen LogP contribution in [0.4, 0.5) is 10.5 Å². The minimum atomic E-state index is -1.35. The van der Waals surface area contributed by atoms with Gasteiger partial charge in [-0.25, -0.2) is 4.79 Å². The molecule has 3 aromatic carbocycles. The van der Waals surface area contributed by atoms with Gasteiger partial charge in [0.25, 0.3) is 5.91 Å². The molecule has 0 saturated heterocycles. The van der Waals surface area contributed by atoms with Gasteiger partial charge in [0.1, 0.15) is 35.7 Å². The van der Waals surface area contributed by atoms with Crippen molar-refractivity contribution in [1.82, 2.24) is 10.2 Å². The summed E-state index contributed by atoms with van der Waals surface area (Å²) >= 11 is 6.35. The number of hydrogen-bond acceptors (Lipinski definition) is 7. The molecule has 0 heterocycles. The number of amides is 3. The highest BCUT2D eigenvalue weighted by Crippen LogP contribution is 2.30. The van der Waals surface area contributed by atoms with E-state index in [1.165, 1.54) is 36.4 Å². The van der Waals surface area contributed by atoms with E-state index in [-0.39, 0.29) is 22.9 Å². The van der Waals surface area contributed by atoms with Crippen LogP contribution in [-0.4, -0.2) is 51.2 Å². The molecule has 220 valence electrons. The molecule has 0 radical (unpaired) electrons. The second kappa shape index (κ2) is 13.7. The molecule has 0 aliphatic heterocycles. The number of nitriles is 1. The normalized spacial score (nSPS) is 12.4. The Morgan fingerprint density at radius 3 is 2.14 bits per heavy atom. The van der Waals surface area contributed by atoms with Gasteiger partial charge in [0.2, 0.25) is 5.91 Å². The van der Waals surface area contributed by atoms with Crippen LogP contribution in [-0.2, 0) is 20.7 Å². The number of benzene rings is 3. The molecular weight excluding hydrogens is 560 g/mol. The van der Waals surface area contributed by atoms with Crippen LogP contribution in [0.2, 0.25) is 5.02 Å². The van der Waals surface area contributed by atoms with Crippen molar-refractivity contribution in [3.63, 3.8) is 0 Å². The van der Waals surface area contributed by atoms with Crippen LogP contribution in [0.25, 0.3) is 0 Å². The van der Waals surface area contributed by atoms with Crippen molar-refractivity contribution in [3.8, 4) is 17.6 Å². The summed E-state index contributed by atoms with van der Waals surface area (Å²) in [5, 5.41) is 35.0. The lowest BCUT2D eigenvalue weighted by Crippen LogP contribution is -2.53. The average Bonchev–Trinajstić information content (AvgIpc) is 2.91. The number of halogens is 1. The first kappa shape index (κ1) is 31.8. The topological polar surface area (TPSA) is 152 Å². The van der Waals surface area contributed by atoms with Gasteiger partial charge in [0.15, 0.2) is 0 Å². The fourth-order valence-corrected chi connectivity index (χ4v) is 4.47. The zero-order valence-electron chi connectivity index (χ0n) is 23.7. The second-order valence-corrected chi connectivity index (χ2v) is 11.0. The zero-order chi connectivity index (χ0) is 31.0. The number of phenols is 2. The van der Waals surface area contributed by atoms with Crippen molar-refractivity contribution in [1.29, 1.82) is 5.26 Å². The van der Waals surface area contributed by atoms with Crippen molar-refractivity contribution in [2.75, 3.05) is 11.9 Å². The van der Waals surface area contributed by atoms with E-state index in [1.807, 2.05) is 6.07 Å². The van der Waals surface area contributed by atoms with E-state index >= 15 is 0 Å². The minimum Gasteiger partial charge on any atom is -0.508 e. The van der Waals surface area contributed by atoms with E-state index < -0.39 is 42.1 Å². The van der Waals surface area contributed by atoms with Crippen LogP contribution in [0.1, 0.15) is 43.5 Å². The third-order valence-corrected chi connectivity index (χ3v) is 6.44. The van der Waals surface area contributed by atoms with E-state index in [0.29, 0.717) is 22.4 Å². The summed E-state index contributed by atoms with van der Waals surface area (Å²) in [7, 11) is 0. The number of rotatable bonds is 9. The maximum Gasteiger partial charge on any atom is 0.408 e. The number of aromatic hydroxyl groups is 2. The third kappa shape index (κ3) is 8.62. The molecular formula is C31H33ClN4O6. The molecule has 3 amide bonds. The number of carbonyl (C=O) groups is 3. The Bertz CT molecular complexity index is 1440. The largest absolute Gasteiger partial charge is 0.508 e. The van der Waals surface area contributed by atoms with Crippen LogP contribution in [0, 0.1) is 18.3 Å². The minimum absolute atomic E-state index is 0.0202. The SMILES string of the molecule is Cc1cccc(Cl)c1NC(=O)C(c1ccc(O)cc1)N(CC#N)C(=O)C(Cc1ccc(O)cc1)NC(=O)OC(C)(C)C. The number of carbonyl (C=O) groups excluding carboxylic acids is 3. The fourth-order valence-electron chi connectivity index (χ4n) is 4.20. The Kier molecular flexibility index (Phi) is 10.4. The summed E-state index contributed by atoms with van der Waals surface area (Å²) < 4.78 is 5.38. The standard InChI is InChI=1S/C31H33ClN4O6/c1-19-6-5-7-24(32)26(19)35-28(39)27(21-10-14-23(38)15-11-21)36(17-16-33)29(40)25(34-30(41)42-31(2,3)4)18-20-8-12-22(37)13-9-20/h5-15,25,27,37-38H,17-18H2,1-4H3,(H,34,41)(H,35,39). The monoisotopic (exact) mass is 592 g/mol. The Labute approximate surface area is 249 Å². The lowest BCUT2D eigenvalue weighted by Gasteiger charge is -2.33. The Morgan fingerprint density at radius 1 is 1.00 bits per heavy atom. The number of nitrogens with one attached hydrogen (secondary N) is 2. The van der Waals surface area contributed by atoms with Gasteiger partial charge in [-0.2, -0.15) is 5.26 Å². The second-order valence-electron chi connectivity index (χ2n) is 10.6. The number of nitrogens with zero attached hydrogens (tertiary/aromatic N) is 2. The van der Waals surface area contributed by atoms with E-state index in [2.05, 4.69) is 10.6 Å². The van der Waals surface area contributed by atoms with Crippen molar-refractivity contribution in [2.24, 2.45) is 0 Å². The first-order valence-corrected chi connectivity index (χ1v) is 13.5. The Hall–Kier alpha value is -4.75. The highest BCUT2D eigenvalue weighted by atomic mass is 35.5. The first-order valence-electron chi connectivity index (χ1n) is 13.1. The quantitative estimate of drug-likeness (QED) is 0.248. The smallest absolute Gasteiger partial charge is 0.408 e. The number of para-hydroxylation sites is 1. The van der Waals surface area contributed by atoms with Crippen LogP contribution < -0.4 is 10.6 Å². The molecule has 0 aromatic heterocycles. The fraction of sp³-hybridized carbons (Fsp3) is 0.290. The van der Waals surface area contributed by atoms with Crippen LogP contribution >= 0.6 is 11.6 Å². The predicted molar refractivity (Wildman–Crippen MR) is 158 cm³/mol. The summed E-state index contributed by atoms with van der Waals surface area (Å²) in [5.41, 5.74) is 1.06. The maximum absolute atomic E-state index is 14.2. The number of anilines is 1. The summed E-state index contributed by atoms with van der Waals surface area (Å²) in [4.78, 5) is 41.9. The van der Waals surface area contributed by atoms with E-state index in [1.54, 1.807) is 58.0 Å². The molecule has 42 heavy (non-hydrogen) atoms. The lowest BCUT2D eigenvalue weighted by molar-refractivity contribution is -0.140.